The fourth-order valence-electron chi connectivity index (χ4n) is 3.24. The maximum absolute atomic E-state index is 13.0. The van der Waals surface area contributed by atoms with Gasteiger partial charge in [-0.2, -0.15) is 0 Å². The van der Waals surface area contributed by atoms with Gasteiger partial charge in [0.1, 0.15) is 6.04 Å². The lowest BCUT2D eigenvalue weighted by Gasteiger charge is -2.33. The van der Waals surface area contributed by atoms with Gasteiger partial charge >= 0.3 is 5.97 Å². The third-order valence-electron chi connectivity index (χ3n) is 4.65. The second kappa shape index (κ2) is 6.51. The molecule has 4 rings (SSSR count). The summed E-state index contributed by atoms with van der Waals surface area (Å²) in [6.45, 7) is 0.299. The molecule has 7 heteroatoms. The standard InChI is InChI=1S/C19H18N4O3/c1-26-19(25)17-10-15-16(21-12-20-15)11-23(17)18(24)13-4-6-14(7-5-13)22-8-2-3-9-22/h2-9,12,17H,10-11H2,1H3,(H,20,21). The third kappa shape index (κ3) is 2.77. The van der Waals surface area contributed by atoms with Crippen LogP contribution in [0.2, 0.25) is 0 Å². The number of H-pyrrole nitrogens is 1. The van der Waals surface area contributed by atoms with Crippen molar-refractivity contribution in [3.05, 3.63) is 72.1 Å². The summed E-state index contributed by atoms with van der Waals surface area (Å²) < 4.78 is 6.85. The summed E-state index contributed by atoms with van der Waals surface area (Å²) in [5.74, 6) is -0.643. The van der Waals surface area contributed by atoms with E-state index in [9.17, 15) is 9.59 Å². The summed E-state index contributed by atoms with van der Waals surface area (Å²) in [7, 11) is 1.33. The minimum absolute atomic E-state index is 0.209. The molecule has 3 heterocycles. The van der Waals surface area contributed by atoms with Crippen LogP contribution >= 0.6 is 0 Å². The number of hydrogen-bond acceptors (Lipinski definition) is 4. The van der Waals surface area contributed by atoms with Crippen LogP contribution in [0.4, 0.5) is 0 Å². The molecule has 1 N–H and O–H groups in total. The van der Waals surface area contributed by atoms with Gasteiger partial charge in [0.2, 0.25) is 0 Å². The van der Waals surface area contributed by atoms with Crippen LogP contribution in [-0.4, -0.2) is 44.5 Å². The van der Waals surface area contributed by atoms with Crippen LogP contribution < -0.4 is 0 Å². The largest absolute Gasteiger partial charge is 0.467 e. The number of nitrogens with zero attached hydrogens (tertiary/aromatic N) is 3. The zero-order valence-corrected chi connectivity index (χ0v) is 14.3. The molecule has 0 aliphatic carbocycles. The number of amides is 1. The number of rotatable bonds is 3. The van der Waals surface area contributed by atoms with Crippen molar-refractivity contribution >= 4 is 11.9 Å². The predicted molar refractivity (Wildman–Crippen MR) is 93.7 cm³/mol. The number of carbonyl (C=O) groups is 2. The molecule has 7 nitrogen and oxygen atoms in total. The zero-order chi connectivity index (χ0) is 18.1. The first-order chi connectivity index (χ1) is 12.7. The summed E-state index contributed by atoms with van der Waals surface area (Å²) >= 11 is 0. The Hall–Kier alpha value is -3.35. The second-order valence-electron chi connectivity index (χ2n) is 6.14. The highest BCUT2D eigenvalue weighted by Gasteiger charge is 2.37. The van der Waals surface area contributed by atoms with Crippen molar-refractivity contribution in [2.45, 2.75) is 19.0 Å². The fraction of sp³-hybridized carbons (Fsp3) is 0.211. The van der Waals surface area contributed by atoms with Gasteiger partial charge in [0.25, 0.3) is 5.91 Å². The lowest BCUT2D eigenvalue weighted by atomic mass is 10.0. The van der Waals surface area contributed by atoms with E-state index in [1.807, 2.05) is 41.2 Å². The summed E-state index contributed by atoms with van der Waals surface area (Å²) in [5, 5.41) is 0. The first kappa shape index (κ1) is 16.1. The van der Waals surface area contributed by atoms with Crippen molar-refractivity contribution in [3.63, 3.8) is 0 Å². The molecule has 1 amide bonds. The minimum atomic E-state index is -0.674. The van der Waals surface area contributed by atoms with Crippen molar-refractivity contribution in [1.29, 1.82) is 0 Å². The van der Waals surface area contributed by atoms with Crippen LogP contribution in [0.5, 0.6) is 0 Å². The molecule has 0 saturated heterocycles. The molecule has 0 radical (unpaired) electrons. The van der Waals surface area contributed by atoms with E-state index in [1.54, 1.807) is 18.5 Å². The maximum atomic E-state index is 13.0. The number of methoxy groups -OCH3 is 1. The quantitative estimate of drug-likeness (QED) is 0.732. The number of nitrogens with one attached hydrogen (secondary N) is 1. The zero-order valence-electron chi connectivity index (χ0n) is 14.3. The van der Waals surface area contributed by atoms with E-state index in [2.05, 4.69) is 9.97 Å². The summed E-state index contributed by atoms with van der Waals surface area (Å²) in [5.41, 5.74) is 3.14. The summed E-state index contributed by atoms with van der Waals surface area (Å²) in [6, 6.07) is 10.5. The van der Waals surface area contributed by atoms with Gasteiger partial charge in [-0.15, -0.1) is 0 Å². The Morgan fingerprint density at radius 1 is 1.19 bits per heavy atom. The van der Waals surface area contributed by atoms with Crippen molar-refractivity contribution in [2.75, 3.05) is 7.11 Å². The Morgan fingerprint density at radius 3 is 2.62 bits per heavy atom. The average molecular weight is 350 g/mol. The maximum Gasteiger partial charge on any atom is 0.329 e. The molecule has 0 bridgehead atoms. The molecule has 3 aromatic rings. The Kier molecular flexibility index (Phi) is 4.04. The Labute approximate surface area is 150 Å². The number of imidazole rings is 1. The van der Waals surface area contributed by atoms with E-state index in [4.69, 9.17) is 4.74 Å². The van der Waals surface area contributed by atoms with Crippen LogP contribution in [0.15, 0.2) is 55.1 Å². The van der Waals surface area contributed by atoms with Crippen molar-refractivity contribution in [1.82, 2.24) is 19.4 Å². The van der Waals surface area contributed by atoms with E-state index >= 15 is 0 Å². The van der Waals surface area contributed by atoms with Crippen molar-refractivity contribution < 1.29 is 14.3 Å². The first-order valence-electron chi connectivity index (χ1n) is 8.30. The highest BCUT2D eigenvalue weighted by Crippen LogP contribution is 2.24. The van der Waals surface area contributed by atoms with Crippen LogP contribution in [0.3, 0.4) is 0 Å². The topological polar surface area (TPSA) is 80.2 Å². The summed E-state index contributed by atoms with van der Waals surface area (Å²) in [4.78, 5) is 34.0. The molecule has 0 spiro atoms. The van der Waals surface area contributed by atoms with Crippen LogP contribution in [-0.2, 0) is 22.5 Å². The van der Waals surface area contributed by atoms with Gasteiger partial charge in [-0.25, -0.2) is 9.78 Å². The second-order valence-corrected chi connectivity index (χ2v) is 6.14. The first-order valence-corrected chi connectivity index (χ1v) is 8.30. The van der Waals surface area contributed by atoms with Gasteiger partial charge in [-0.1, -0.05) is 0 Å². The monoisotopic (exact) mass is 350 g/mol. The van der Waals surface area contributed by atoms with Gasteiger partial charge < -0.3 is 19.2 Å². The predicted octanol–water partition coefficient (Wildman–Crippen LogP) is 1.94. The number of carbonyl (C=O) groups excluding carboxylic acids is 2. The molecule has 132 valence electrons. The molecule has 1 aliphatic rings. The minimum Gasteiger partial charge on any atom is -0.467 e. The van der Waals surface area contributed by atoms with Gasteiger partial charge in [0, 0.05) is 30.1 Å². The van der Waals surface area contributed by atoms with Gasteiger partial charge in [0.05, 0.1) is 31.4 Å². The van der Waals surface area contributed by atoms with E-state index in [-0.39, 0.29) is 5.91 Å². The molecular formula is C19H18N4O3. The van der Waals surface area contributed by atoms with Gasteiger partial charge in [-0.3, -0.25) is 4.79 Å². The number of fused-ring (bicyclic) bond motifs is 1. The molecular weight excluding hydrogens is 332 g/mol. The Morgan fingerprint density at radius 2 is 1.92 bits per heavy atom. The highest BCUT2D eigenvalue weighted by molar-refractivity contribution is 5.97. The molecule has 1 aromatic carbocycles. The lowest BCUT2D eigenvalue weighted by Crippen LogP contribution is -2.49. The van der Waals surface area contributed by atoms with Crippen molar-refractivity contribution in [3.8, 4) is 5.69 Å². The van der Waals surface area contributed by atoms with E-state index in [0.29, 0.717) is 18.5 Å². The van der Waals surface area contributed by atoms with Crippen LogP contribution in [0.25, 0.3) is 5.69 Å². The number of hydrogen-bond donors (Lipinski definition) is 1. The van der Waals surface area contributed by atoms with Crippen molar-refractivity contribution in [2.24, 2.45) is 0 Å². The average Bonchev–Trinajstić information content (AvgIpc) is 3.37. The number of esters is 1. The molecule has 1 atom stereocenters. The number of benzene rings is 1. The normalized spacial score (nSPS) is 16.2. The molecule has 2 aromatic heterocycles. The van der Waals surface area contributed by atoms with E-state index in [0.717, 1.165) is 17.1 Å². The highest BCUT2D eigenvalue weighted by atomic mass is 16.5. The number of aromatic nitrogens is 3. The molecule has 0 fully saturated rings. The van der Waals surface area contributed by atoms with Crippen LogP contribution in [0, 0.1) is 0 Å². The molecule has 1 unspecified atom stereocenters. The van der Waals surface area contributed by atoms with E-state index in [1.165, 1.54) is 12.0 Å². The third-order valence-corrected chi connectivity index (χ3v) is 4.65. The Balaban J connectivity index is 1.62. The van der Waals surface area contributed by atoms with Gasteiger partial charge in [0.15, 0.2) is 0 Å². The smallest absolute Gasteiger partial charge is 0.329 e. The van der Waals surface area contributed by atoms with Crippen LogP contribution in [0.1, 0.15) is 21.7 Å². The molecule has 26 heavy (non-hydrogen) atoms. The Bertz CT molecular complexity index is 928. The van der Waals surface area contributed by atoms with E-state index < -0.39 is 12.0 Å². The van der Waals surface area contributed by atoms with Gasteiger partial charge in [-0.05, 0) is 36.4 Å². The SMILES string of the molecule is COC(=O)C1Cc2nc[nH]c2CN1C(=O)c1ccc(-n2cccc2)cc1. The number of aromatic amines is 1. The molecule has 1 aliphatic heterocycles. The number of ether oxygens (including phenoxy) is 1. The fourth-order valence-corrected chi connectivity index (χ4v) is 3.24. The summed E-state index contributed by atoms with van der Waals surface area (Å²) in [6.07, 6.45) is 5.81. The lowest BCUT2D eigenvalue weighted by molar-refractivity contribution is -0.146. The molecule has 0 saturated carbocycles.